The number of nitrogens with two attached hydrogens (primary N) is 1. The zero-order valence-electron chi connectivity index (χ0n) is 14.0. The monoisotopic (exact) mass is 333 g/mol. The van der Waals surface area contributed by atoms with E-state index in [0.29, 0.717) is 0 Å². The van der Waals surface area contributed by atoms with Crippen molar-refractivity contribution in [3.63, 3.8) is 0 Å². The normalized spacial score (nSPS) is 12.0. The molecule has 2 nitrogen and oxygen atoms in total. The molecule has 0 aliphatic carbocycles. The van der Waals surface area contributed by atoms with Gasteiger partial charge in [0, 0.05) is 16.5 Å². The summed E-state index contributed by atoms with van der Waals surface area (Å²) in [7, 11) is 0. The second kappa shape index (κ2) is 4.77. The SMILES string of the molecule is Nc1cc2c3ccccc3c3ccccc3c2c2oc3ccccc3c12. The van der Waals surface area contributed by atoms with Crippen molar-refractivity contribution in [3.05, 3.63) is 78.9 Å². The number of rotatable bonds is 0. The molecule has 0 saturated heterocycles. The van der Waals surface area contributed by atoms with Crippen molar-refractivity contribution in [2.75, 3.05) is 5.73 Å². The van der Waals surface area contributed by atoms with Crippen molar-refractivity contribution in [1.29, 1.82) is 0 Å². The number of fused-ring (bicyclic) bond motifs is 10. The van der Waals surface area contributed by atoms with Crippen LogP contribution in [-0.4, -0.2) is 0 Å². The van der Waals surface area contributed by atoms with E-state index < -0.39 is 0 Å². The summed E-state index contributed by atoms with van der Waals surface area (Å²) in [6.07, 6.45) is 0. The summed E-state index contributed by atoms with van der Waals surface area (Å²) in [5, 5.41) is 9.24. The summed E-state index contributed by atoms with van der Waals surface area (Å²) in [6.45, 7) is 0. The average Bonchev–Trinajstić information content (AvgIpc) is 3.08. The van der Waals surface area contributed by atoms with Gasteiger partial charge in [0.2, 0.25) is 0 Å². The molecule has 6 rings (SSSR count). The van der Waals surface area contributed by atoms with Gasteiger partial charge in [-0.25, -0.2) is 0 Å². The van der Waals surface area contributed by atoms with Crippen LogP contribution in [-0.2, 0) is 0 Å². The van der Waals surface area contributed by atoms with E-state index in [-0.39, 0.29) is 0 Å². The Morgan fingerprint density at radius 1 is 0.538 bits per heavy atom. The number of hydrogen-bond acceptors (Lipinski definition) is 2. The van der Waals surface area contributed by atoms with Crippen molar-refractivity contribution < 1.29 is 4.42 Å². The Balaban J connectivity index is 2.04. The fraction of sp³-hybridized carbons (Fsp3) is 0. The van der Waals surface area contributed by atoms with Crippen LogP contribution >= 0.6 is 0 Å². The van der Waals surface area contributed by atoms with Crippen LogP contribution in [0.3, 0.4) is 0 Å². The van der Waals surface area contributed by atoms with E-state index in [9.17, 15) is 0 Å². The fourth-order valence-corrected chi connectivity index (χ4v) is 4.30. The molecule has 1 heterocycles. The molecule has 1 aromatic heterocycles. The third kappa shape index (κ3) is 1.61. The topological polar surface area (TPSA) is 39.2 Å². The highest BCUT2D eigenvalue weighted by atomic mass is 16.3. The lowest BCUT2D eigenvalue weighted by Crippen LogP contribution is -1.89. The Morgan fingerprint density at radius 2 is 1.08 bits per heavy atom. The van der Waals surface area contributed by atoms with Crippen molar-refractivity contribution in [1.82, 2.24) is 0 Å². The van der Waals surface area contributed by atoms with Crippen LogP contribution < -0.4 is 5.73 Å². The van der Waals surface area contributed by atoms with Gasteiger partial charge < -0.3 is 10.2 Å². The summed E-state index contributed by atoms with van der Waals surface area (Å²) in [5.74, 6) is 0. The number of anilines is 1. The third-order valence-corrected chi connectivity index (χ3v) is 5.38. The van der Waals surface area contributed by atoms with Gasteiger partial charge in [0.25, 0.3) is 0 Å². The van der Waals surface area contributed by atoms with E-state index in [1.807, 2.05) is 18.2 Å². The van der Waals surface area contributed by atoms with Gasteiger partial charge >= 0.3 is 0 Å². The molecule has 0 aliphatic heterocycles. The van der Waals surface area contributed by atoms with Crippen molar-refractivity contribution in [3.8, 4) is 0 Å². The van der Waals surface area contributed by atoms with Gasteiger partial charge in [0.05, 0.1) is 5.39 Å². The van der Waals surface area contributed by atoms with Crippen LogP contribution in [0.2, 0.25) is 0 Å². The lowest BCUT2D eigenvalue weighted by atomic mass is 9.92. The summed E-state index contributed by atoms with van der Waals surface area (Å²) in [5.41, 5.74) is 9.02. The molecule has 2 heteroatoms. The number of nitrogen functional groups attached to an aromatic ring is 1. The van der Waals surface area contributed by atoms with E-state index in [4.69, 9.17) is 10.2 Å². The number of para-hydroxylation sites is 1. The highest BCUT2D eigenvalue weighted by Crippen LogP contribution is 2.43. The van der Waals surface area contributed by atoms with Crippen molar-refractivity contribution >= 4 is 59.9 Å². The number of furan rings is 1. The smallest absolute Gasteiger partial charge is 0.145 e. The number of benzene rings is 5. The van der Waals surface area contributed by atoms with Gasteiger partial charge in [-0.05, 0) is 39.1 Å². The molecule has 6 aromatic rings. The maximum absolute atomic E-state index is 6.51. The van der Waals surface area contributed by atoms with Gasteiger partial charge in [-0.3, -0.25) is 0 Å². The minimum Gasteiger partial charge on any atom is -0.455 e. The summed E-state index contributed by atoms with van der Waals surface area (Å²) in [4.78, 5) is 0. The van der Waals surface area contributed by atoms with Crippen LogP contribution in [0.4, 0.5) is 5.69 Å². The highest BCUT2D eigenvalue weighted by molar-refractivity contribution is 6.34. The van der Waals surface area contributed by atoms with Crippen molar-refractivity contribution in [2.24, 2.45) is 0 Å². The molecule has 122 valence electrons. The molecule has 0 atom stereocenters. The molecule has 0 spiro atoms. The maximum Gasteiger partial charge on any atom is 0.145 e. The lowest BCUT2D eigenvalue weighted by Gasteiger charge is -2.11. The first kappa shape index (κ1) is 13.7. The molecule has 5 aromatic carbocycles. The standard InChI is InChI=1S/C24H15NO/c25-20-13-19-16-9-2-1-7-14(16)15-8-3-4-10-17(15)22(19)24-23(20)18-11-5-6-12-21(18)26-24/h1-13H,25H2. The first-order valence-electron chi connectivity index (χ1n) is 8.76. The Labute approximate surface area is 149 Å². The molecule has 0 radical (unpaired) electrons. The van der Waals surface area contributed by atoms with E-state index in [0.717, 1.165) is 38.4 Å². The average molecular weight is 333 g/mol. The van der Waals surface area contributed by atoms with E-state index in [1.54, 1.807) is 0 Å². The minimum absolute atomic E-state index is 0.762. The minimum atomic E-state index is 0.762. The molecule has 0 fully saturated rings. The van der Waals surface area contributed by atoms with Crippen LogP contribution in [0.5, 0.6) is 0 Å². The molecule has 0 bridgehead atoms. The lowest BCUT2D eigenvalue weighted by molar-refractivity contribution is 0.673. The van der Waals surface area contributed by atoms with Gasteiger partial charge in [0.15, 0.2) is 0 Å². The van der Waals surface area contributed by atoms with Crippen molar-refractivity contribution in [2.45, 2.75) is 0 Å². The van der Waals surface area contributed by atoms with Crippen LogP contribution in [0.25, 0.3) is 54.3 Å². The van der Waals surface area contributed by atoms with E-state index in [1.165, 1.54) is 21.5 Å². The van der Waals surface area contributed by atoms with E-state index in [2.05, 4.69) is 60.7 Å². The highest BCUT2D eigenvalue weighted by Gasteiger charge is 2.17. The summed E-state index contributed by atoms with van der Waals surface area (Å²) >= 11 is 0. The molecule has 0 saturated carbocycles. The molecule has 0 unspecified atom stereocenters. The van der Waals surface area contributed by atoms with Gasteiger partial charge in [-0.15, -0.1) is 0 Å². The Bertz CT molecular complexity index is 1490. The molecule has 0 aliphatic rings. The second-order valence-electron chi connectivity index (χ2n) is 6.78. The molecule has 2 N–H and O–H groups in total. The largest absolute Gasteiger partial charge is 0.455 e. The van der Waals surface area contributed by atoms with E-state index >= 15 is 0 Å². The summed E-state index contributed by atoms with van der Waals surface area (Å²) < 4.78 is 6.32. The summed E-state index contributed by atoms with van der Waals surface area (Å²) in [6, 6.07) is 27.2. The predicted molar refractivity (Wildman–Crippen MR) is 111 cm³/mol. The zero-order chi connectivity index (χ0) is 17.3. The molecular formula is C24H15NO. The second-order valence-corrected chi connectivity index (χ2v) is 6.78. The van der Waals surface area contributed by atoms with Gasteiger partial charge in [-0.1, -0.05) is 66.7 Å². The molecule has 0 amide bonds. The van der Waals surface area contributed by atoms with Crippen LogP contribution in [0.1, 0.15) is 0 Å². The Hall–Kier alpha value is -3.52. The molecular weight excluding hydrogens is 318 g/mol. The number of hydrogen-bond donors (Lipinski definition) is 1. The predicted octanol–water partition coefficient (Wildman–Crippen LogP) is 6.63. The quantitative estimate of drug-likeness (QED) is 0.250. The van der Waals surface area contributed by atoms with Gasteiger partial charge in [0.1, 0.15) is 11.2 Å². The first-order chi connectivity index (χ1) is 12.8. The fourth-order valence-electron chi connectivity index (χ4n) is 4.30. The Kier molecular flexibility index (Phi) is 2.52. The first-order valence-corrected chi connectivity index (χ1v) is 8.76. The third-order valence-electron chi connectivity index (χ3n) is 5.38. The zero-order valence-corrected chi connectivity index (χ0v) is 14.0. The van der Waals surface area contributed by atoms with Crippen LogP contribution in [0.15, 0.2) is 83.3 Å². The molecule has 26 heavy (non-hydrogen) atoms. The van der Waals surface area contributed by atoms with Gasteiger partial charge in [-0.2, -0.15) is 0 Å². The van der Waals surface area contributed by atoms with Crippen LogP contribution in [0, 0.1) is 0 Å². The Morgan fingerprint density at radius 3 is 1.81 bits per heavy atom. The maximum atomic E-state index is 6.51.